The van der Waals surface area contributed by atoms with Crippen LogP contribution < -0.4 is 65.1 Å². The van der Waals surface area contributed by atoms with Crippen molar-refractivity contribution in [3.8, 4) is 0 Å². The number of amides is 9. The molecule has 27 nitrogen and oxygen atoms in total. The van der Waals surface area contributed by atoms with Gasteiger partial charge in [0, 0.05) is 32.6 Å². The molecule has 0 saturated carbocycles. The lowest BCUT2D eigenvalue weighted by molar-refractivity contribution is -0.149. The fourth-order valence-corrected chi connectivity index (χ4v) is 8.83. The van der Waals surface area contributed by atoms with Crippen molar-refractivity contribution in [1.82, 2.24) is 57.7 Å². The van der Waals surface area contributed by atoms with Crippen LogP contribution >= 0.6 is 0 Å². The van der Waals surface area contributed by atoms with E-state index in [0.29, 0.717) is 24.8 Å². The lowest BCUT2D eigenvalue weighted by Gasteiger charge is -2.29. The lowest BCUT2D eigenvalue weighted by Crippen LogP contribution is -2.59. The Kier molecular flexibility index (Phi) is 23.6. The first-order valence-electron chi connectivity index (χ1n) is 25.3. The number of likely N-dealkylation sites (tertiary alicyclic amines) is 2. The van der Waals surface area contributed by atoms with Crippen LogP contribution in [0.5, 0.6) is 0 Å². The number of hydrogen-bond donors (Lipinski definition) is 15. The number of nitrogens with two attached hydrogens (primary N) is 3. The highest BCUT2D eigenvalue weighted by molar-refractivity contribution is 5.98. The molecule has 0 spiro atoms. The first-order valence-corrected chi connectivity index (χ1v) is 25.3. The van der Waals surface area contributed by atoms with Crippen molar-refractivity contribution in [2.75, 3.05) is 45.8 Å². The van der Waals surface area contributed by atoms with E-state index in [4.69, 9.17) is 28.0 Å². The number of guanidine groups is 2. The highest BCUT2D eigenvalue weighted by Gasteiger charge is 2.39. The van der Waals surface area contributed by atoms with E-state index in [1.165, 1.54) is 16.7 Å². The van der Waals surface area contributed by atoms with Gasteiger partial charge in [-0.25, -0.2) is 4.79 Å². The smallest absolute Gasteiger partial charge is 0.326 e. The summed E-state index contributed by atoms with van der Waals surface area (Å²) in [4.78, 5) is 136. The summed E-state index contributed by atoms with van der Waals surface area (Å²) in [5.74, 6) is -8.70. The number of hydrogen-bond acceptors (Lipinski definition) is 13. The molecule has 2 aromatic rings. The van der Waals surface area contributed by atoms with Crippen molar-refractivity contribution >= 4 is 81.8 Å². The van der Waals surface area contributed by atoms with Gasteiger partial charge < -0.3 is 80.0 Å². The molecule has 0 bridgehead atoms. The first-order chi connectivity index (χ1) is 36.1. The number of aliphatic carboxylic acids is 1. The molecule has 7 atom stereocenters. The maximum Gasteiger partial charge on any atom is 0.326 e. The van der Waals surface area contributed by atoms with Gasteiger partial charge in [-0.1, -0.05) is 56.3 Å². The van der Waals surface area contributed by atoms with Gasteiger partial charge >= 0.3 is 5.97 Å². The Hall–Kier alpha value is -8.10. The van der Waals surface area contributed by atoms with E-state index in [0.717, 1.165) is 10.8 Å². The second-order valence-electron chi connectivity index (χ2n) is 19.0. The second-order valence-corrected chi connectivity index (χ2v) is 19.0. The molecule has 9 amide bonds. The van der Waals surface area contributed by atoms with Crippen molar-refractivity contribution < 1.29 is 53.1 Å². The number of nitrogens with one attached hydrogen (secondary N) is 11. The van der Waals surface area contributed by atoms with Gasteiger partial charge in [0.05, 0.1) is 19.6 Å². The Labute approximate surface area is 440 Å². The predicted octanol–water partition coefficient (Wildman–Crippen LogP) is -3.73. The molecule has 4 rings (SSSR count). The molecule has 2 fully saturated rings. The van der Waals surface area contributed by atoms with Crippen LogP contribution in [0.2, 0.25) is 0 Å². The van der Waals surface area contributed by atoms with Crippen molar-refractivity contribution in [1.29, 1.82) is 10.8 Å². The maximum absolute atomic E-state index is 14.2. The van der Waals surface area contributed by atoms with Crippen LogP contribution in [0.4, 0.5) is 0 Å². The molecule has 18 N–H and O–H groups in total. The molecule has 2 aliphatic rings. The summed E-state index contributed by atoms with van der Waals surface area (Å²) < 4.78 is 0. The summed E-state index contributed by atoms with van der Waals surface area (Å²) in [6.07, 6.45) is 1.82. The fraction of sp³-hybridized carbons (Fsp3) is 0.551. The van der Waals surface area contributed by atoms with E-state index < -0.39 is 114 Å². The van der Waals surface area contributed by atoms with E-state index in [1.54, 1.807) is 19.9 Å². The zero-order valence-electron chi connectivity index (χ0n) is 43.1. The standard InChI is InChI=1S/C49H74N16O11/c1-27(2)40(63-43(71)33(13-7-19-56-49(53)54)61-41(69)28(3)59-44(72)35-14-8-20-64(35)39(68)26-57-37(66)24-50)45(73)58-25-38(67)60-32(12-6-18-55-48(51)52)42(70)62-34(46(74)65-21-9-15-36(65)47(75)76)23-29-16-17-30-10-4-5-11-31(30)22-29/h4-5,10-11,16-17,22,27-28,32-36,40H,6-9,12-15,18-21,23-26,50H2,1-3H3,(H,57,66)(H,58,73)(H,59,72)(H,60,67)(H,61,69)(H,62,70)(H,63,71)(H,75,76)(H4,51,52,55)(H4,53,54,56)/t28-,32-,33-,34+,35-,36-,40+/m0/s1. The fourth-order valence-electron chi connectivity index (χ4n) is 8.83. The average Bonchev–Trinajstić information content (AvgIpc) is 4.09. The van der Waals surface area contributed by atoms with E-state index in [9.17, 15) is 53.1 Å². The van der Waals surface area contributed by atoms with Crippen LogP contribution in [0, 0.1) is 16.7 Å². The minimum absolute atomic E-state index is 0.0125. The Morgan fingerprint density at radius 2 is 1.22 bits per heavy atom. The number of carbonyl (C=O) groups is 10. The molecule has 0 radical (unpaired) electrons. The Morgan fingerprint density at radius 1 is 0.645 bits per heavy atom. The number of fused-ring (bicyclic) bond motifs is 1. The minimum atomic E-state index is -1.30. The zero-order valence-corrected chi connectivity index (χ0v) is 43.1. The molecular formula is C49H74N16O11. The summed E-state index contributed by atoms with van der Waals surface area (Å²) in [6, 6.07) is 4.74. The number of carboxylic acid groups (broad SMARTS) is 1. The second kappa shape index (κ2) is 29.7. The Morgan fingerprint density at radius 3 is 1.83 bits per heavy atom. The number of benzene rings is 2. The summed E-state index contributed by atoms with van der Waals surface area (Å²) in [5, 5.41) is 50.0. The van der Waals surface area contributed by atoms with Gasteiger partial charge in [0.1, 0.15) is 42.3 Å². The van der Waals surface area contributed by atoms with Crippen molar-refractivity contribution in [3.05, 3.63) is 48.0 Å². The molecule has 0 aromatic heterocycles. The maximum atomic E-state index is 14.2. The highest BCUT2D eigenvalue weighted by atomic mass is 16.4. The molecule has 2 saturated heterocycles. The summed E-state index contributed by atoms with van der Waals surface area (Å²) >= 11 is 0. The van der Waals surface area contributed by atoms with Gasteiger partial charge in [-0.2, -0.15) is 0 Å². The summed E-state index contributed by atoms with van der Waals surface area (Å²) in [6.45, 7) is 3.94. The minimum Gasteiger partial charge on any atom is -0.480 e. The van der Waals surface area contributed by atoms with Crippen LogP contribution in [0.15, 0.2) is 42.5 Å². The van der Waals surface area contributed by atoms with Gasteiger partial charge in [-0.05, 0) is 80.5 Å². The molecule has 27 heteroatoms. The van der Waals surface area contributed by atoms with Crippen molar-refractivity contribution in [2.45, 2.75) is 121 Å². The third-order valence-electron chi connectivity index (χ3n) is 12.9. The summed E-state index contributed by atoms with van der Waals surface area (Å²) in [5.41, 5.74) is 16.8. The molecule has 2 aliphatic heterocycles. The average molecular weight is 1060 g/mol. The van der Waals surface area contributed by atoms with E-state index in [1.807, 2.05) is 36.4 Å². The van der Waals surface area contributed by atoms with Gasteiger partial charge in [0.15, 0.2) is 11.9 Å². The van der Waals surface area contributed by atoms with Gasteiger partial charge in [-0.3, -0.25) is 54.0 Å². The number of rotatable bonds is 28. The molecule has 76 heavy (non-hydrogen) atoms. The topological polar surface area (TPSA) is 431 Å². The number of nitrogens with zero attached hydrogens (tertiary/aromatic N) is 2. The molecular weight excluding hydrogens is 989 g/mol. The van der Waals surface area contributed by atoms with Crippen LogP contribution in [-0.4, -0.2) is 174 Å². The van der Waals surface area contributed by atoms with Crippen LogP contribution in [0.1, 0.15) is 77.7 Å². The third-order valence-corrected chi connectivity index (χ3v) is 12.9. The predicted molar refractivity (Wildman–Crippen MR) is 278 cm³/mol. The molecule has 0 aliphatic carbocycles. The van der Waals surface area contributed by atoms with Crippen LogP contribution in [0.25, 0.3) is 10.8 Å². The number of carbonyl (C=O) groups excluding carboxylic acids is 9. The van der Waals surface area contributed by atoms with Gasteiger partial charge in [0.2, 0.25) is 53.2 Å². The van der Waals surface area contributed by atoms with Crippen LogP contribution in [-0.2, 0) is 54.4 Å². The largest absolute Gasteiger partial charge is 0.480 e. The van der Waals surface area contributed by atoms with E-state index in [-0.39, 0.29) is 89.7 Å². The first kappa shape index (κ1) is 60.5. The zero-order chi connectivity index (χ0) is 56.1. The molecule has 416 valence electrons. The van der Waals surface area contributed by atoms with E-state index in [2.05, 4.69) is 47.9 Å². The highest BCUT2D eigenvalue weighted by Crippen LogP contribution is 2.22. The third kappa shape index (κ3) is 18.7. The van der Waals surface area contributed by atoms with Gasteiger partial charge in [0.25, 0.3) is 0 Å². The molecule has 2 heterocycles. The van der Waals surface area contributed by atoms with E-state index >= 15 is 0 Å². The lowest BCUT2D eigenvalue weighted by atomic mass is 10.00. The molecule has 2 aromatic carbocycles. The number of carboxylic acids is 1. The monoisotopic (exact) mass is 1060 g/mol. The van der Waals surface area contributed by atoms with Crippen LogP contribution in [0.3, 0.4) is 0 Å². The molecule has 0 unspecified atom stereocenters. The van der Waals surface area contributed by atoms with Crippen molar-refractivity contribution in [3.63, 3.8) is 0 Å². The Balaban J connectivity index is 1.45. The Bertz CT molecular complexity index is 2460. The normalized spacial score (nSPS) is 17.0. The summed E-state index contributed by atoms with van der Waals surface area (Å²) in [7, 11) is 0. The quantitative estimate of drug-likeness (QED) is 0.0221. The van der Waals surface area contributed by atoms with Gasteiger partial charge in [-0.15, -0.1) is 0 Å². The van der Waals surface area contributed by atoms with Crippen molar-refractivity contribution in [2.24, 2.45) is 23.1 Å². The SMILES string of the molecule is CC(C)[C@@H](NC(=O)[C@H](CCCNC(=N)N)NC(=O)[C@H](C)NC(=O)[C@@H]1CCCN1C(=O)CNC(=O)CN)C(=O)NCC(=O)N[C@@H](CCCNC(=N)N)C(=O)N[C@H](Cc1ccc2ccccc2c1)C(=O)N1CCC[C@H]1C(=O)O.